The highest BCUT2D eigenvalue weighted by molar-refractivity contribution is 6.31. The molecular formula is C17H22ClN3O2. The lowest BCUT2D eigenvalue weighted by molar-refractivity contribution is -0.132. The number of nitrogens with zero attached hydrogens (tertiary/aromatic N) is 1. The fourth-order valence-corrected chi connectivity index (χ4v) is 3.53. The topological polar surface area (TPSA) is 61.4 Å². The molecule has 0 spiro atoms. The third-order valence-electron chi connectivity index (χ3n) is 4.73. The summed E-state index contributed by atoms with van der Waals surface area (Å²) < 4.78 is 0. The highest BCUT2D eigenvalue weighted by atomic mass is 35.5. The molecule has 0 aliphatic carbocycles. The van der Waals surface area contributed by atoms with Crippen molar-refractivity contribution in [2.75, 3.05) is 18.0 Å². The van der Waals surface area contributed by atoms with Crippen LogP contribution in [0.4, 0.5) is 5.69 Å². The van der Waals surface area contributed by atoms with Crippen LogP contribution in [-0.4, -0.2) is 37.0 Å². The van der Waals surface area contributed by atoms with Crippen LogP contribution < -0.4 is 15.5 Å². The Bertz CT molecular complexity index is 607. The first kappa shape index (κ1) is 16.3. The second-order valence-corrected chi connectivity index (χ2v) is 6.75. The van der Waals surface area contributed by atoms with Gasteiger partial charge in [0.2, 0.25) is 11.8 Å². The van der Waals surface area contributed by atoms with Crippen LogP contribution in [0.5, 0.6) is 0 Å². The number of hydrogen-bond acceptors (Lipinski definition) is 3. The minimum absolute atomic E-state index is 0.101. The van der Waals surface area contributed by atoms with Crippen molar-refractivity contribution in [3.8, 4) is 0 Å². The number of anilines is 1. The van der Waals surface area contributed by atoms with Crippen molar-refractivity contribution in [1.82, 2.24) is 10.6 Å². The van der Waals surface area contributed by atoms with Crippen molar-refractivity contribution in [2.24, 2.45) is 5.92 Å². The molecule has 6 heteroatoms. The lowest BCUT2D eigenvalue weighted by Gasteiger charge is -2.31. The zero-order chi connectivity index (χ0) is 16.4. The molecule has 1 aromatic carbocycles. The molecule has 0 aromatic heterocycles. The van der Waals surface area contributed by atoms with Gasteiger partial charge in [-0.2, -0.15) is 0 Å². The van der Waals surface area contributed by atoms with Crippen LogP contribution in [0.15, 0.2) is 24.3 Å². The van der Waals surface area contributed by atoms with Gasteiger partial charge in [-0.3, -0.25) is 9.59 Å². The summed E-state index contributed by atoms with van der Waals surface area (Å²) >= 11 is 5.99. The minimum Gasteiger partial charge on any atom is -0.351 e. The normalized spacial score (nSPS) is 28.0. The summed E-state index contributed by atoms with van der Waals surface area (Å²) in [4.78, 5) is 26.7. The molecule has 3 unspecified atom stereocenters. The average Bonchev–Trinajstić information content (AvgIpc) is 2.91. The number of benzene rings is 1. The van der Waals surface area contributed by atoms with Gasteiger partial charge in [0.1, 0.15) is 5.92 Å². The zero-order valence-electron chi connectivity index (χ0n) is 13.2. The number of amides is 2. The smallest absolute Gasteiger partial charge is 0.239 e. The van der Waals surface area contributed by atoms with Crippen LogP contribution in [0.3, 0.4) is 0 Å². The third kappa shape index (κ3) is 3.51. The number of carbonyl (C=O) groups excluding carboxylic acids is 2. The number of rotatable bonds is 3. The lowest BCUT2D eigenvalue weighted by Crippen LogP contribution is -2.53. The van der Waals surface area contributed by atoms with E-state index in [1.165, 1.54) is 0 Å². The molecule has 1 aromatic rings. The van der Waals surface area contributed by atoms with Gasteiger partial charge in [0.15, 0.2) is 0 Å². The number of carbonyl (C=O) groups is 2. The Labute approximate surface area is 141 Å². The summed E-state index contributed by atoms with van der Waals surface area (Å²) in [6.45, 7) is 3.60. The van der Waals surface area contributed by atoms with Gasteiger partial charge in [-0.15, -0.1) is 0 Å². The summed E-state index contributed by atoms with van der Waals surface area (Å²) in [6, 6.07) is 7.53. The van der Waals surface area contributed by atoms with Gasteiger partial charge in [-0.05, 0) is 50.9 Å². The summed E-state index contributed by atoms with van der Waals surface area (Å²) in [7, 11) is 0. The Morgan fingerprint density at radius 3 is 2.96 bits per heavy atom. The van der Waals surface area contributed by atoms with Crippen LogP contribution in [0.1, 0.15) is 26.2 Å². The number of piperidine rings is 1. The fourth-order valence-electron chi connectivity index (χ4n) is 3.35. The first-order valence-electron chi connectivity index (χ1n) is 8.17. The van der Waals surface area contributed by atoms with Crippen LogP contribution in [0.2, 0.25) is 5.02 Å². The van der Waals surface area contributed by atoms with E-state index in [-0.39, 0.29) is 23.9 Å². The van der Waals surface area contributed by atoms with Crippen molar-refractivity contribution in [3.05, 3.63) is 29.3 Å². The van der Waals surface area contributed by atoms with E-state index in [0.717, 1.165) is 25.1 Å². The highest BCUT2D eigenvalue weighted by Gasteiger charge is 2.38. The fraction of sp³-hybridized carbons (Fsp3) is 0.529. The molecule has 5 nitrogen and oxygen atoms in total. The maximum Gasteiger partial charge on any atom is 0.239 e. The molecule has 23 heavy (non-hydrogen) atoms. The molecule has 3 atom stereocenters. The van der Waals surface area contributed by atoms with Crippen molar-refractivity contribution < 1.29 is 9.59 Å². The summed E-state index contributed by atoms with van der Waals surface area (Å²) in [5, 5.41) is 6.99. The van der Waals surface area contributed by atoms with Crippen LogP contribution in [0, 0.1) is 5.92 Å². The number of halogens is 1. The zero-order valence-corrected chi connectivity index (χ0v) is 14.0. The van der Waals surface area contributed by atoms with Crippen molar-refractivity contribution in [1.29, 1.82) is 0 Å². The van der Waals surface area contributed by atoms with Crippen molar-refractivity contribution in [3.63, 3.8) is 0 Å². The van der Waals surface area contributed by atoms with Gasteiger partial charge in [-0.1, -0.05) is 17.7 Å². The van der Waals surface area contributed by atoms with E-state index >= 15 is 0 Å². The molecule has 2 saturated heterocycles. The molecule has 2 fully saturated rings. The van der Waals surface area contributed by atoms with E-state index in [2.05, 4.69) is 17.6 Å². The average molecular weight is 336 g/mol. The van der Waals surface area contributed by atoms with E-state index < -0.39 is 5.92 Å². The van der Waals surface area contributed by atoms with Gasteiger partial charge >= 0.3 is 0 Å². The first-order chi connectivity index (χ1) is 11.1. The van der Waals surface area contributed by atoms with Crippen molar-refractivity contribution >= 4 is 29.1 Å². The summed E-state index contributed by atoms with van der Waals surface area (Å²) in [5.74, 6) is -0.885. The predicted molar refractivity (Wildman–Crippen MR) is 90.5 cm³/mol. The molecule has 0 saturated carbocycles. The monoisotopic (exact) mass is 335 g/mol. The maximum atomic E-state index is 12.6. The van der Waals surface area contributed by atoms with Gasteiger partial charge in [0.05, 0.1) is 0 Å². The predicted octanol–water partition coefficient (Wildman–Crippen LogP) is 1.95. The van der Waals surface area contributed by atoms with Crippen LogP contribution in [-0.2, 0) is 9.59 Å². The Morgan fingerprint density at radius 1 is 1.39 bits per heavy atom. The minimum atomic E-state index is -0.594. The number of nitrogens with one attached hydrogen (secondary N) is 2. The van der Waals surface area contributed by atoms with Gasteiger partial charge in [-0.25, -0.2) is 0 Å². The van der Waals surface area contributed by atoms with Gasteiger partial charge in [0, 0.05) is 29.3 Å². The Balaban J connectivity index is 1.65. The summed E-state index contributed by atoms with van der Waals surface area (Å²) in [5.41, 5.74) is 0.755. The Kier molecular flexibility index (Phi) is 4.87. The molecule has 0 radical (unpaired) electrons. The highest BCUT2D eigenvalue weighted by Crippen LogP contribution is 2.27. The van der Waals surface area contributed by atoms with Crippen LogP contribution in [0.25, 0.3) is 0 Å². The van der Waals surface area contributed by atoms with E-state index in [9.17, 15) is 9.59 Å². The Hall–Kier alpha value is -1.59. The molecule has 3 rings (SSSR count). The molecule has 0 bridgehead atoms. The maximum absolute atomic E-state index is 12.6. The van der Waals surface area contributed by atoms with E-state index in [4.69, 9.17) is 11.6 Å². The molecule has 2 heterocycles. The molecule has 124 valence electrons. The quantitative estimate of drug-likeness (QED) is 0.830. The second-order valence-electron chi connectivity index (χ2n) is 6.31. The Morgan fingerprint density at radius 2 is 2.22 bits per heavy atom. The van der Waals surface area contributed by atoms with Crippen LogP contribution >= 0.6 is 11.6 Å². The van der Waals surface area contributed by atoms with E-state index in [1.807, 2.05) is 12.1 Å². The first-order valence-corrected chi connectivity index (χ1v) is 8.55. The van der Waals surface area contributed by atoms with Crippen molar-refractivity contribution in [2.45, 2.75) is 38.3 Å². The number of hydrogen-bond donors (Lipinski definition) is 2. The second kappa shape index (κ2) is 6.89. The molecule has 2 N–H and O–H groups in total. The molecule has 2 amide bonds. The third-order valence-corrected chi connectivity index (χ3v) is 4.97. The summed E-state index contributed by atoms with van der Waals surface area (Å²) in [6.07, 6.45) is 2.55. The van der Waals surface area contributed by atoms with Gasteiger partial charge in [0.25, 0.3) is 0 Å². The molecule has 2 aliphatic rings. The standard InChI is InChI=1S/C17H22ClN3O2/c1-11-15(6-3-8-19-11)20-16(22)14-7-9-21(17(14)23)13-5-2-4-12(18)10-13/h2,4-5,10-11,14-15,19H,3,6-9H2,1H3,(H,20,22). The van der Waals surface area contributed by atoms with E-state index in [1.54, 1.807) is 17.0 Å². The van der Waals surface area contributed by atoms with E-state index in [0.29, 0.717) is 18.0 Å². The molecule has 2 aliphatic heterocycles. The lowest BCUT2D eigenvalue weighted by atomic mass is 9.98. The molecular weight excluding hydrogens is 314 g/mol. The van der Waals surface area contributed by atoms with Gasteiger partial charge < -0.3 is 15.5 Å². The largest absolute Gasteiger partial charge is 0.351 e. The SMILES string of the molecule is CC1NCCCC1NC(=O)C1CCN(c2cccc(Cl)c2)C1=O.